The summed E-state index contributed by atoms with van der Waals surface area (Å²) < 4.78 is 20.7. The molecule has 1 aromatic carbocycles. The zero-order valence-electron chi connectivity index (χ0n) is 19.8. The molecule has 2 fully saturated rings. The van der Waals surface area contributed by atoms with Gasteiger partial charge >= 0.3 is 5.97 Å². The standard InChI is InChI=1S/C25H40FNO3Si/c1-25(2,3)23(30-31(4)5)21-16-27(15-20(21)18-11-8-12-19(26)14-18)22(24(28)29)13-17-9-6-7-10-17/h8,11-12,14,17,20-23,31H,6-7,9-10,13,15-16H2,1-5H3,(H,28,29)/t20-,21+,22-,23?/m1/s1. The van der Waals surface area contributed by atoms with Crippen LogP contribution in [0.4, 0.5) is 4.39 Å². The molecule has 1 heterocycles. The predicted molar refractivity (Wildman–Crippen MR) is 125 cm³/mol. The number of benzene rings is 1. The van der Waals surface area contributed by atoms with Crippen molar-refractivity contribution < 1.29 is 18.7 Å². The zero-order chi connectivity index (χ0) is 22.8. The molecule has 3 rings (SSSR count). The summed E-state index contributed by atoms with van der Waals surface area (Å²) in [6.07, 6.45) is 5.44. The third-order valence-corrected chi connectivity index (χ3v) is 7.93. The summed E-state index contributed by atoms with van der Waals surface area (Å²) in [6, 6.07) is 6.39. The highest BCUT2D eigenvalue weighted by Gasteiger charge is 2.47. The van der Waals surface area contributed by atoms with Crippen LogP contribution in [-0.2, 0) is 9.22 Å². The van der Waals surface area contributed by atoms with Gasteiger partial charge < -0.3 is 9.53 Å². The second-order valence-corrected chi connectivity index (χ2v) is 13.4. The van der Waals surface area contributed by atoms with Crippen molar-refractivity contribution in [3.8, 4) is 0 Å². The molecule has 1 saturated carbocycles. The largest absolute Gasteiger partial charge is 0.480 e. The van der Waals surface area contributed by atoms with Gasteiger partial charge in [-0.2, -0.15) is 0 Å². The number of hydrogen-bond donors (Lipinski definition) is 1. The van der Waals surface area contributed by atoms with E-state index in [2.05, 4.69) is 38.8 Å². The maximum atomic E-state index is 14.1. The molecule has 1 aliphatic heterocycles. The topological polar surface area (TPSA) is 49.8 Å². The lowest BCUT2D eigenvalue weighted by Crippen LogP contribution is -2.44. The molecule has 2 aliphatic rings. The average Bonchev–Trinajstić information content (AvgIpc) is 3.32. The van der Waals surface area contributed by atoms with Crippen LogP contribution in [0.3, 0.4) is 0 Å². The van der Waals surface area contributed by atoms with Gasteiger partial charge in [-0.3, -0.25) is 9.69 Å². The van der Waals surface area contributed by atoms with Crippen LogP contribution in [0.1, 0.15) is 64.4 Å². The third kappa shape index (κ3) is 6.17. The summed E-state index contributed by atoms with van der Waals surface area (Å²) in [5.74, 6) is -0.246. The molecule has 1 aliphatic carbocycles. The lowest BCUT2D eigenvalue weighted by molar-refractivity contribution is -0.143. The Kier molecular flexibility index (Phi) is 7.98. The van der Waals surface area contributed by atoms with Crippen molar-refractivity contribution in [2.45, 2.75) is 84.0 Å². The quantitative estimate of drug-likeness (QED) is 0.548. The van der Waals surface area contributed by atoms with Gasteiger partial charge in [0.1, 0.15) is 11.9 Å². The SMILES string of the molecule is C[SiH](C)OC([C@H]1CN([C@H](CC2CCCC2)C(=O)O)C[C@@H]1c1cccc(F)c1)C(C)(C)C. The molecular formula is C25H40FNO3Si. The Morgan fingerprint density at radius 1 is 1.26 bits per heavy atom. The molecule has 0 bridgehead atoms. The minimum Gasteiger partial charge on any atom is -0.480 e. The average molecular weight is 450 g/mol. The maximum Gasteiger partial charge on any atom is 0.320 e. The molecule has 0 spiro atoms. The Morgan fingerprint density at radius 2 is 1.94 bits per heavy atom. The van der Waals surface area contributed by atoms with Gasteiger partial charge in [-0.25, -0.2) is 4.39 Å². The van der Waals surface area contributed by atoms with Crippen molar-refractivity contribution in [3.05, 3.63) is 35.6 Å². The monoisotopic (exact) mass is 449 g/mol. The molecule has 31 heavy (non-hydrogen) atoms. The first-order valence-electron chi connectivity index (χ1n) is 11.9. The van der Waals surface area contributed by atoms with Crippen molar-refractivity contribution in [1.29, 1.82) is 0 Å². The van der Waals surface area contributed by atoms with Crippen molar-refractivity contribution >= 4 is 15.0 Å². The van der Waals surface area contributed by atoms with Gasteiger partial charge in [0.25, 0.3) is 0 Å². The minimum atomic E-state index is -1.31. The lowest BCUT2D eigenvalue weighted by Gasteiger charge is -2.39. The fourth-order valence-corrected chi connectivity index (χ4v) is 6.92. The molecule has 0 radical (unpaired) electrons. The molecule has 4 nitrogen and oxygen atoms in total. The van der Waals surface area contributed by atoms with E-state index in [9.17, 15) is 14.3 Å². The number of nitrogens with zero attached hydrogens (tertiary/aromatic N) is 1. The fourth-order valence-electron chi connectivity index (χ4n) is 5.72. The van der Waals surface area contributed by atoms with Crippen LogP contribution >= 0.6 is 0 Å². The minimum absolute atomic E-state index is 0.0124. The number of rotatable bonds is 8. The Balaban J connectivity index is 1.92. The first-order chi connectivity index (χ1) is 14.6. The molecule has 4 atom stereocenters. The molecule has 0 aromatic heterocycles. The zero-order valence-corrected chi connectivity index (χ0v) is 21.0. The van der Waals surface area contributed by atoms with Gasteiger partial charge in [0, 0.05) is 24.9 Å². The van der Waals surface area contributed by atoms with E-state index in [1.165, 1.54) is 18.9 Å². The van der Waals surface area contributed by atoms with Gasteiger partial charge in [-0.15, -0.1) is 0 Å². The normalized spacial score (nSPS) is 25.3. The molecule has 174 valence electrons. The molecule has 1 N–H and O–H groups in total. The van der Waals surface area contributed by atoms with E-state index in [1.54, 1.807) is 12.1 Å². The molecule has 6 heteroatoms. The van der Waals surface area contributed by atoms with Crippen molar-refractivity contribution in [2.24, 2.45) is 17.3 Å². The van der Waals surface area contributed by atoms with E-state index in [-0.39, 0.29) is 29.2 Å². The van der Waals surface area contributed by atoms with Crippen LogP contribution < -0.4 is 0 Å². The Bertz CT molecular complexity index is 745. The predicted octanol–water partition coefficient (Wildman–Crippen LogP) is 5.29. The van der Waals surface area contributed by atoms with Crippen molar-refractivity contribution in [2.75, 3.05) is 13.1 Å². The van der Waals surface area contributed by atoms with E-state index in [4.69, 9.17) is 4.43 Å². The molecule has 0 amide bonds. The van der Waals surface area contributed by atoms with Crippen molar-refractivity contribution in [1.82, 2.24) is 4.90 Å². The second kappa shape index (κ2) is 10.1. The summed E-state index contributed by atoms with van der Waals surface area (Å²) in [6.45, 7) is 12.3. The first kappa shape index (κ1) is 24.4. The summed E-state index contributed by atoms with van der Waals surface area (Å²) in [5, 5.41) is 10.1. The number of carbonyl (C=O) groups is 1. The molecule has 1 saturated heterocycles. The number of carboxylic acids is 1. The third-order valence-electron chi connectivity index (χ3n) is 7.09. The number of halogens is 1. The smallest absolute Gasteiger partial charge is 0.320 e. The van der Waals surface area contributed by atoms with Gasteiger partial charge in [-0.1, -0.05) is 58.6 Å². The summed E-state index contributed by atoms with van der Waals surface area (Å²) in [4.78, 5) is 14.5. The number of aliphatic carboxylic acids is 1. The van der Waals surface area contributed by atoms with Crippen LogP contribution in [0.15, 0.2) is 24.3 Å². The number of hydrogen-bond acceptors (Lipinski definition) is 3. The molecule has 1 unspecified atom stereocenters. The van der Waals surface area contributed by atoms with Crippen molar-refractivity contribution in [3.63, 3.8) is 0 Å². The maximum absolute atomic E-state index is 14.1. The van der Waals surface area contributed by atoms with Crippen LogP contribution in [0.5, 0.6) is 0 Å². The highest BCUT2D eigenvalue weighted by atomic mass is 28.3. The summed E-state index contributed by atoms with van der Waals surface area (Å²) in [5.41, 5.74) is 0.883. The highest BCUT2D eigenvalue weighted by molar-refractivity contribution is 6.48. The van der Waals surface area contributed by atoms with Crippen LogP contribution in [0, 0.1) is 23.1 Å². The van der Waals surface area contributed by atoms with Gasteiger partial charge in [0.05, 0.1) is 6.10 Å². The van der Waals surface area contributed by atoms with E-state index in [0.717, 1.165) is 24.8 Å². The molecule has 1 aromatic rings. The number of likely N-dealkylation sites (tertiary alicyclic amines) is 1. The lowest BCUT2D eigenvalue weighted by atomic mass is 9.75. The van der Waals surface area contributed by atoms with E-state index in [1.807, 2.05) is 6.07 Å². The van der Waals surface area contributed by atoms with Crippen LogP contribution in [0.25, 0.3) is 0 Å². The summed E-state index contributed by atoms with van der Waals surface area (Å²) >= 11 is 0. The Labute approximate surface area is 188 Å². The second-order valence-electron chi connectivity index (χ2n) is 11.0. The Hall–Kier alpha value is -1.24. The van der Waals surface area contributed by atoms with E-state index in [0.29, 0.717) is 19.0 Å². The van der Waals surface area contributed by atoms with Gasteiger partial charge in [-0.05, 0) is 48.5 Å². The van der Waals surface area contributed by atoms with Crippen LogP contribution in [0.2, 0.25) is 13.1 Å². The van der Waals surface area contributed by atoms with Gasteiger partial charge in [0.15, 0.2) is 9.04 Å². The van der Waals surface area contributed by atoms with E-state index < -0.39 is 21.1 Å². The molecular weight excluding hydrogens is 409 g/mol. The number of carboxylic acid groups (broad SMARTS) is 1. The highest BCUT2D eigenvalue weighted by Crippen LogP contribution is 2.43. The first-order valence-corrected chi connectivity index (χ1v) is 14.7. The van der Waals surface area contributed by atoms with Crippen LogP contribution in [-0.4, -0.2) is 50.3 Å². The van der Waals surface area contributed by atoms with Gasteiger partial charge in [0.2, 0.25) is 0 Å². The van der Waals surface area contributed by atoms with E-state index >= 15 is 0 Å². The Morgan fingerprint density at radius 3 is 2.48 bits per heavy atom. The summed E-state index contributed by atoms with van der Waals surface area (Å²) in [7, 11) is -1.31. The fraction of sp³-hybridized carbons (Fsp3) is 0.720.